The Labute approximate surface area is 78.3 Å². The average Bonchev–Trinajstić information content (AvgIpc) is 2.53. The maximum Gasteiger partial charge on any atom is 0.322 e. The van der Waals surface area contributed by atoms with Gasteiger partial charge in [-0.25, -0.2) is 5.10 Å². The van der Waals surface area contributed by atoms with E-state index >= 15 is 0 Å². The molecule has 0 bridgehead atoms. The summed E-state index contributed by atoms with van der Waals surface area (Å²) in [5, 5.41) is 6.96. The molecule has 0 atom stereocenters. The molecule has 2 heterocycles. The smallest absolute Gasteiger partial charge is 0.261 e. The summed E-state index contributed by atoms with van der Waals surface area (Å²) in [4.78, 5) is 14.8. The molecule has 2 aromatic rings. The van der Waals surface area contributed by atoms with Gasteiger partial charge < -0.3 is 0 Å². The number of pyridine rings is 1. The number of hydrogen-bond acceptors (Lipinski definition) is 4. The summed E-state index contributed by atoms with van der Waals surface area (Å²) in [5.41, 5.74) is 1.79. The van der Waals surface area contributed by atoms with Gasteiger partial charge in [0.25, 0.3) is 0 Å². The number of rotatable bonds is 1. The summed E-state index contributed by atoms with van der Waals surface area (Å²) >= 11 is 1.09. The summed E-state index contributed by atoms with van der Waals surface area (Å²) in [6.07, 6.45) is 1.72. The first-order valence-corrected chi connectivity index (χ1v) is 4.56. The molecule has 0 saturated heterocycles. The zero-order chi connectivity index (χ0) is 9.26. The molecule has 0 aliphatic rings. The van der Waals surface area contributed by atoms with Crippen molar-refractivity contribution in [2.45, 2.75) is 6.92 Å². The van der Waals surface area contributed by atoms with E-state index in [-0.39, 0.29) is 4.87 Å². The molecule has 5 heteroatoms. The van der Waals surface area contributed by atoms with Crippen molar-refractivity contribution >= 4 is 11.3 Å². The minimum Gasteiger partial charge on any atom is -0.261 e. The third kappa shape index (κ3) is 1.50. The van der Waals surface area contributed by atoms with Crippen LogP contribution < -0.4 is 4.87 Å². The van der Waals surface area contributed by atoms with E-state index in [0.29, 0.717) is 5.01 Å². The first-order chi connectivity index (χ1) is 6.27. The molecule has 4 nitrogen and oxygen atoms in total. The van der Waals surface area contributed by atoms with E-state index in [4.69, 9.17) is 0 Å². The van der Waals surface area contributed by atoms with E-state index in [9.17, 15) is 4.79 Å². The molecule has 0 radical (unpaired) electrons. The quantitative estimate of drug-likeness (QED) is 0.740. The standard InChI is InChI=1S/C8H7N3OS/c1-5-6(3-2-4-9-5)7-10-11-8(12)13-7/h2-4H,1H3,(H,11,12). The van der Waals surface area contributed by atoms with Crippen LogP contribution in [0.25, 0.3) is 10.6 Å². The lowest BCUT2D eigenvalue weighted by Gasteiger charge is -1.97. The van der Waals surface area contributed by atoms with E-state index in [1.165, 1.54) is 0 Å². The first kappa shape index (κ1) is 8.12. The highest BCUT2D eigenvalue weighted by atomic mass is 32.1. The van der Waals surface area contributed by atoms with Crippen LogP contribution >= 0.6 is 11.3 Å². The van der Waals surface area contributed by atoms with Gasteiger partial charge in [-0.05, 0) is 19.1 Å². The zero-order valence-electron chi connectivity index (χ0n) is 6.94. The molecule has 0 aliphatic heterocycles. The number of aromatic nitrogens is 3. The molecule has 0 spiro atoms. The largest absolute Gasteiger partial charge is 0.322 e. The van der Waals surface area contributed by atoms with Crippen LogP contribution in [0.1, 0.15) is 5.69 Å². The predicted octanol–water partition coefficient (Wildman–Crippen LogP) is 1.20. The van der Waals surface area contributed by atoms with Crippen LogP contribution in [0.15, 0.2) is 23.1 Å². The molecule has 0 fully saturated rings. The van der Waals surface area contributed by atoms with Gasteiger partial charge in [-0.3, -0.25) is 9.78 Å². The number of aromatic amines is 1. The van der Waals surface area contributed by atoms with Crippen LogP contribution in [0.5, 0.6) is 0 Å². The van der Waals surface area contributed by atoms with E-state index in [1.54, 1.807) is 6.20 Å². The van der Waals surface area contributed by atoms with Crippen LogP contribution in [0.4, 0.5) is 0 Å². The third-order valence-electron chi connectivity index (χ3n) is 1.68. The molecule has 1 N–H and O–H groups in total. The Morgan fingerprint density at radius 2 is 2.38 bits per heavy atom. The molecule has 0 unspecified atom stereocenters. The highest BCUT2D eigenvalue weighted by Gasteiger charge is 2.05. The molecular weight excluding hydrogens is 186 g/mol. The van der Waals surface area contributed by atoms with Crippen molar-refractivity contribution < 1.29 is 0 Å². The summed E-state index contributed by atoms with van der Waals surface area (Å²) in [7, 11) is 0. The van der Waals surface area contributed by atoms with Crippen LogP contribution in [0.3, 0.4) is 0 Å². The van der Waals surface area contributed by atoms with Crippen molar-refractivity contribution in [3.05, 3.63) is 33.7 Å². The molecule has 0 amide bonds. The number of H-pyrrole nitrogens is 1. The number of nitrogens with zero attached hydrogens (tertiary/aromatic N) is 2. The molecule has 0 aromatic carbocycles. The van der Waals surface area contributed by atoms with Crippen LogP contribution in [0, 0.1) is 6.92 Å². The third-order valence-corrected chi connectivity index (χ3v) is 2.46. The van der Waals surface area contributed by atoms with Crippen molar-refractivity contribution in [2.24, 2.45) is 0 Å². The molecule has 0 aliphatic carbocycles. The van der Waals surface area contributed by atoms with E-state index in [0.717, 1.165) is 22.6 Å². The Balaban J connectivity index is 2.58. The lowest BCUT2D eigenvalue weighted by Crippen LogP contribution is -1.90. The molecule has 0 saturated carbocycles. The summed E-state index contributed by atoms with van der Waals surface area (Å²) in [5.74, 6) is 0. The average molecular weight is 193 g/mol. The van der Waals surface area contributed by atoms with Gasteiger partial charge in [0.15, 0.2) is 5.01 Å². The van der Waals surface area contributed by atoms with Gasteiger partial charge in [-0.2, -0.15) is 5.10 Å². The molecule has 13 heavy (non-hydrogen) atoms. The Bertz CT molecular complexity index is 474. The van der Waals surface area contributed by atoms with Crippen molar-refractivity contribution in [3.63, 3.8) is 0 Å². The summed E-state index contributed by atoms with van der Waals surface area (Å²) in [6.45, 7) is 1.89. The van der Waals surface area contributed by atoms with Gasteiger partial charge in [0.1, 0.15) is 0 Å². The normalized spacial score (nSPS) is 10.2. The highest BCUT2D eigenvalue weighted by Crippen LogP contribution is 2.20. The zero-order valence-corrected chi connectivity index (χ0v) is 7.76. The Kier molecular flexibility index (Phi) is 1.94. The van der Waals surface area contributed by atoms with Crippen molar-refractivity contribution in [1.29, 1.82) is 0 Å². The van der Waals surface area contributed by atoms with Crippen molar-refractivity contribution in [3.8, 4) is 10.6 Å². The monoisotopic (exact) mass is 193 g/mol. The maximum absolute atomic E-state index is 10.9. The molecule has 66 valence electrons. The maximum atomic E-state index is 10.9. The topological polar surface area (TPSA) is 58.6 Å². The second-order valence-corrected chi connectivity index (χ2v) is 3.52. The number of hydrogen-bond donors (Lipinski definition) is 1. The van der Waals surface area contributed by atoms with Crippen molar-refractivity contribution in [1.82, 2.24) is 15.2 Å². The number of nitrogens with one attached hydrogen (secondary N) is 1. The van der Waals surface area contributed by atoms with E-state index in [1.807, 2.05) is 19.1 Å². The number of aryl methyl sites for hydroxylation is 1. The molecule has 2 rings (SSSR count). The first-order valence-electron chi connectivity index (χ1n) is 3.75. The molecule has 2 aromatic heterocycles. The highest BCUT2D eigenvalue weighted by molar-refractivity contribution is 7.12. The minimum absolute atomic E-state index is 0.141. The SMILES string of the molecule is Cc1ncccc1-c1n[nH]c(=O)s1. The molecular formula is C8H7N3OS. The van der Waals surface area contributed by atoms with Gasteiger partial charge in [-0.1, -0.05) is 11.3 Å². The van der Waals surface area contributed by atoms with Gasteiger partial charge in [0, 0.05) is 17.5 Å². The summed E-state index contributed by atoms with van der Waals surface area (Å²) in [6, 6.07) is 3.72. The van der Waals surface area contributed by atoms with Gasteiger partial charge in [-0.15, -0.1) is 0 Å². The van der Waals surface area contributed by atoms with Gasteiger partial charge in [0.05, 0.1) is 0 Å². The van der Waals surface area contributed by atoms with Crippen molar-refractivity contribution in [2.75, 3.05) is 0 Å². The second kappa shape index (κ2) is 3.10. The lowest BCUT2D eigenvalue weighted by molar-refractivity contribution is 1.06. The van der Waals surface area contributed by atoms with Crippen LogP contribution in [-0.4, -0.2) is 15.2 Å². The van der Waals surface area contributed by atoms with Crippen LogP contribution in [0.2, 0.25) is 0 Å². The van der Waals surface area contributed by atoms with Gasteiger partial charge >= 0.3 is 4.87 Å². The lowest BCUT2D eigenvalue weighted by atomic mass is 10.2. The Hall–Kier alpha value is -1.49. The van der Waals surface area contributed by atoms with E-state index < -0.39 is 0 Å². The Morgan fingerprint density at radius 1 is 1.54 bits per heavy atom. The fourth-order valence-corrected chi connectivity index (χ4v) is 1.74. The van der Waals surface area contributed by atoms with Crippen LogP contribution in [-0.2, 0) is 0 Å². The predicted molar refractivity (Wildman–Crippen MR) is 50.7 cm³/mol. The fraction of sp³-hybridized carbons (Fsp3) is 0.125. The summed E-state index contributed by atoms with van der Waals surface area (Å²) < 4.78 is 0. The second-order valence-electron chi connectivity index (χ2n) is 2.55. The van der Waals surface area contributed by atoms with E-state index in [2.05, 4.69) is 15.2 Å². The van der Waals surface area contributed by atoms with Gasteiger partial charge in [0.2, 0.25) is 0 Å². The minimum atomic E-state index is -0.141. The fourth-order valence-electron chi connectivity index (χ4n) is 1.06. The Morgan fingerprint density at radius 3 is 3.00 bits per heavy atom.